The Labute approximate surface area is 115 Å². The molecular formula is C12H16N6O2. The van der Waals surface area contributed by atoms with Crippen molar-refractivity contribution in [2.75, 3.05) is 17.4 Å². The fraction of sp³-hybridized carbons (Fsp3) is 0.250. The highest BCUT2D eigenvalue weighted by molar-refractivity contribution is 5.63. The Balaban J connectivity index is 2.29. The lowest BCUT2D eigenvalue weighted by Crippen LogP contribution is -2.19. The van der Waals surface area contributed by atoms with Crippen LogP contribution in [0.4, 0.5) is 17.1 Å². The number of aromatic nitrogens is 2. The molecule has 0 fully saturated rings. The zero-order valence-corrected chi connectivity index (χ0v) is 11.3. The summed E-state index contributed by atoms with van der Waals surface area (Å²) in [5, 5.41) is 10.9. The second kappa shape index (κ2) is 5.57. The van der Waals surface area contributed by atoms with Gasteiger partial charge in [-0.3, -0.25) is 16.0 Å². The number of benzene rings is 1. The number of rotatable bonds is 5. The third kappa shape index (κ3) is 2.86. The Kier molecular flexibility index (Phi) is 3.85. The Morgan fingerprint density at radius 1 is 1.50 bits per heavy atom. The van der Waals surface area contributed by atoms with Crippen molar-refractivity contribution < 1.29 is 4.92 Å². The number of nitrogens with zero attached hydrogens (tertiary/aromatic N) is 4. The Bertz CT molecular complexity index is 624. The summed E-state index contributed by atoms with van der Waals surface area (Å²) in [6, 6.07) is 4.64. The zero-order valence-electron chi connectivity index (χ0n) is 11.3. The molecule has 106 valence electrons. The standard InChI is InChI=1S/C12H16N6O2/c1-16-4-3-14-12(16)8-17(2)10-5-9(15-13)6-11(7-10)18(19)20/h3-7,15H,8,13H2,1-2H3. The van der Waals surface area contributed by atoms with Crippen molar-refractivity contribution in [3.05, 3.63) is 46.5 Å². The summed E-state index contributed by atoms with van der Waals surface area (Å²) in [4.78, 5) is 16.6. The van der Waals surface area contributed by atoms with E-state index in [0.29, 0.717) is 17.9 Å². The first kappa shape index (κ1) is 13.8. The SMILES string of the molecule is CN(Cc1nccn1C)c1cc(NN)cc([N+](=O)[O-])c1. The molecule has 2 aromatic rings. The van der Waals surface area contributed by atoms with Crippen LogP contribution in [0.1, 0.15) is 5.82 Å². The molecule has 1 aromatic carbocycles. The lowest BCUT2D eigenvalue weighted by atomic mass is 10.2. The van der Waals surface area contributed by atoms with Crippen LogP contribution in [-0.2, 0) is 13.6 Å². The van der Waals surface area contributed by atoms with Gasteiger partial charge >= 0.3 is 0 Å². The molecule has 2 rings (SSSR count). The minimum absolute atomic E-state index is 0.0119. The van der Waals surface area contributed by atoms with Crippen molar-refractivity contribution in [3.63, 3.8) is 0 Å². The van der Waals surface area contributed by atoms with Gasteiger partial charge in [0, 0.05) is 44.3 Å². The zero-order chi connectivity index (χ0) is 14.7. The quantitative estimate of drug-likeness (QED) is 0.484. The number of aryl methyl sites for hydroxylation is 1. The van der Waals surface area contributed by atoms with Crippen molar-refractivity contribution in [2.24, 2.45) is 12.9 Å². The summed E-state index contributed by atoms with van der Waals surface area (Å²) in [6.45, 7) is 0.536. The molecule has 0 spiro atoms. The fourth-order valence-corrected chi connectivity index (χ4v) is 1.86. The number of nitro groups is 1. The number of hydrogen-bond donors (Lipinski definition) is 2. The number of nitro benzene ring substituents is 1. The predicted molar refractivity (Wildman–Crippen MR) is 76.2 cm³/mol. The van der Waals surface area contributed by atoms with E-state index in [1.807, 2.05) is 29.8 Å². The van der Waals surface area contributed by atoms with E-state index in [1.54, 1.807) is 12.3 Å². The molecule has 0 aliphatic carbocycles. The summed E-state index contributed by atoms with van der Waals surface area (Å²) in [7, 11) is 3.74. The van der Waals surface area contributed by atoms with Crippen LogP contribution in [0.3, 0.4) is 0 Å². The second-order valence-corrected chi connectivity index (χ2v) is 4.45. The number of imidazole rings is 1. The van der Waals surface area contributed by atoms with E-state index >= 15 is 0 Å². The lowest BCUT2D eigenvalue weighted by Gasteiger charge is -2.19. The molecule has 0 saturated carbocycles. The predicted octanol–water partition coefficient (Wildman–Crippen LogP) is 1.25. The topological polar surface area (TPSA) is 102 Å². The molecule has 0 saturated heterocycles. The average molecular weight is 276 g/mol. The number of hydrogen-bond acceptors (Lipinski definition) is 6. The first-order chi connectivity index (χ1) is 9.51. The van der Waals surface area contributed by atoms with Crippen molar-refractivity contribution in [1.82, 2.24) is 9.55 Å². The second-order valence-electron chi connectivity index (χ2n) is 4.45. The van der Waals surface area contributed by atoms with Gasteiger partial charge < -0.3 is 14.9 Å². The van der Waals surface area contributed by atoms with Crippen molar-refractivity contribution in [3.8, 4) is 0 Å². The largest absolute Gasteiger partial charge is 0.367 e. The van der Waals surface area contributed by atoms with E-state index in [1.165, 1.54) is 12.1 Å². The Hall–Kier alpha value is -2.61. The molecule has 8 nitrogen and oxygen atoms in total. The molecule has 1 heterocycles. The minimum atomic E-state index is -0.445. The first-order valence-electron chi connectivity index (χ1n) is 5.94. The number of anilines is 2. The van der Waals surface area contributed by atoms with Crippen LogP contribution in [0.2, 0.25) is 0 Å². The van der Waals surface area contributed by atoms with Crippen LogP contribution < -0.4 is 16.2 Å². The van der Waals surface area contributed by atoms with E-state index in [4.69, 9.17) is 5.84 Å². The molecule has 1 aromatic heterocycles. The van der Waals surface area contributed by atoms with E-state index in [-0.39, 0.29) is 5.69 Å². The van der Waals surface area contributed by atoms with Crippen molar-refractivity contribution in [1.29, 1.82) is 0 Å². The smallest absolute Gasteiger partial charge is 0.273 e. The maximum absolute atomic E-state index is 10.9. The fourth-order valence-electron chi connectivity index (χ4n) is 1.86. The van der Waals surface area contributed by atoms with Crippen LogP contribution in [0.15, 0.2) is 30.6 Å². The van der Waals surface area contributed by atoms with Gasteiger partial charge in [-0.1, -0.05) is 0 Å². The highest BCUT2D eigenvalue weighted by Crippen LogP contribution is 2.26. The molecule has 3 N–H and O–H groups in total. The normalized spacial score (nSPS) is 10.3. The highest BCUT2D eigenvalue weighted by atomic mass is 16.6. The molecule has 0 aliphatic rings. The molecular weight excluding hydrogens is 260 g/mol. The Morgan fingerprint density at radius 3 is 2.80 bits per heavy atom. The van der Waals surface area contributed by atoms with Crippen LogP contribution in [0.5, 0.6) is 0 Å². The number of nitrogens with one attached hydrogen (secondary N) is 1. The Morgan fingerprint density at radius 2 is 2.25 bits per heavy atom. The van der Waals surface area contributed by atoms with Crippen LogP contribution in [0.25, 0.3) is 0 Å². The van der Waals surface area contributed by atoms with Gasteiger partial charge in [0.15, 0.2) is 0 Å². The number of non-ortho nitro benzene ring substituents is 1. The van der Waals surface area contributed by atoms with Gasteiger partial charge in [0.25, 0.3) is 5.69 Å². The maximum atomic E-state index is 10.9. The summed E-state index contributed by atoms with van der Waals surface area (Å²) < 4.78 is 1.90. The van der Waals surface area contributed by atoms with Gasteiger partial charge in [0.1, 0.15) is 5.82 Å². The summed E-state index contributed by atoms with van der Waals surface area (Å²) in [6.07, 6.45) is 3.56. The molecule has 8 heteroatoms. The minimum Gasteiger partial charge on any atom is -0.367 e. The molecule has 0 amide bonds. The van der Waals surface area contributed by atoms with Crippen LogP contribution in [0, 0.1) is 10.1 Å². The van der Waals surface area contributed by atoms with Gasteiger partial charge in [-0.05, 0) is 6.07 Å². The van der Waals surface area contributed by atoms with Gasteiger partial charge in [-0.25, -0.2) is 4.98 Å². The van der Waals surface area contributed by atoms with E-state index in [0.717, 1.165) is 5.82 Å². The van der Waals surface area contributed by atoms with E-state index in [2.05, 4.69) is 10.4 Å². The lowest BCUT2D eigenvalue weighted by molar-refractivity contribution is -0.384. The molecule has 0 aliphatic heterocycles. The summed E-state index contributed by atoms with van der Waals surface area (Å²) in [5.74, 6) is 6.20. The van der Waals surface area contributed by atoms with Gasteiger partial charge in [-0.2, -0.15) is 0 Å². The summed E-state index contributed by atoms with van der Waals surface area (Å²) >= 11 is 0. The van der Waals surface area contributed by atoms with E-state index < -0.39 is 4.92 Å². The molecule has 20 heavy (non-hydrogen) atoms. The molecule has 0 unspecified atom stereocenters. The third-order valence-electron chi connectivity index (χ3n) is 3.02. The van der Waals surface area contributed by atoms with Crippen molar-refractivity contribution >= 4 is 17.1 Å². The number of hydrazine groups is 1. The highest BCUT2D eigenvalue weighted by Gasteiger charge is 2.13. The van der Waals surface area contributed by atoms with Gasteiger partial charge in [0.05, 0.1) is 17.2 Å². The molecule has 0 bridgehead atoms. The van der Waals surface area contributed by atoms with Gasteiger partial charge in [-0.15, -0.1) is 0 Å². The average Bonchev–Trinajstić information content (AvgIpc) is 2.83. The molecule has 0 atom stereocenters. The third-order valence-corrected chi connectivity index (χ3v) is 3.02. The molecule has 0 radical (unpaired) electrons. The van der Waals surface area contributed by atoms with Crippen molar-refractivity contribution in [2.45, 2.75) is 6.54 Å². The first-order valence-corrected chi connectivity index (χ1v) is 5.94. The van der Waals surface area contributed by atoms with Crippen LogP contribution in [-0.4, -0.2) is 21.5 Å². The van der Waals surface area contributed by atoms with E-state index in [9.17, 15) is 10.1 Å². The monoisotopic (exact) mass is 276 g/mol. The number of nitrogens with two attached hydrogens (primary N) is 1. The maximum Gasteiger partial charge on any atom is 0.273 e. The van der Waals surface area contributed by atoms with Crippen LogP contribution >= 0.6 is 0 Å². The van der Waals surface area contributed by atoms with Gasteiger partial charge in [0.2, 0.25) is 0 Å². The summed E-state index contributed by atoms with van der Waals surface area (Å²) in [5.41, 5.74) is 3.60. The number of nitrogen functional groups attached to an aromatic ring is 1.